The summed E-state index contributed by atoms with van der Waals surface area (Å²) in [6.07, 6.45) is 0.783. The number of carbonyl (C=O) groups is 1. The third-order valence-electron chi connectivity index (χ3n) is 2.08. The molecule has 0 fully saturated rings. The Morgan fingerprint density at radius 2 is 2.19 bits per heavy atom. The highest BCUT2D eigenvalue weighted by Crippen LogP contribution is 2.09. The van der Waals surface area contributed by atoms with Crippen molar-refractivity contribution in [3.05, 3.63) is 0 Å². The van der Waals surface area contributed by atoms with Crippen LogP contribution in [0.15, 0.2) is 0 Å². The van der Waals surface area contributed by atoms with Crippen LogP contribution in [0, 0.1) is 23.2 Å². The van der Waals surface area contributed by atoms with E-state index in [0.29, 0.717) is 6.54 Å². The second-order valence-electron chi connectivity index (χ2n) is 3.83. The molecule has 0 aliphatic carbocycles. The minimum Gasteiger partial charge on any atom is -0.396 e. The Bertz CT molecular complexity index is 239. The minimum absolute atomic E-state index is 0.0482. The topological polar surface area (TPSA) is 73.1 Å². The second-order valence-corrected chi connectivity index (χ2v) is 5.06. The molecule has 0 bridgehead atoms. The van der Waals surface area contributed by atoms with Gasteiger partial charge in [-0.3, -0.25) is 4.79 Å². The predicted octanol–water partition coefficient (Wildman–Crippen LogP) is 1.01. The van der Waals surface area contributed by atoms with E-state index in [4.69, 9.17) is 10.4 Å². The number of hydrogen-bond acceptors (Lipinski definition) is 4. The van der Waals surface area contributed by atoms with Crippen molar-refractivity contribution in [2.24, 2.45) is 11.8 Å². The Kier molecular flexibility index (Phi) is 9.06. The Morgan fingerprint density at radius 1 is 1.50 bits per heavy atom. The van der Waals surface area contributed by atoms with Gasteiger partial charge in [0.1, 0.15) is 5.92 Å². The maximum absolute atomic E-state index is 11.5. The van der Waals surface area contributed by atoms with Crippen molar-refractivity contribution in [3.8, 4) is 6.07 Å². The molecule has 0 radical (unpaired) electrons. The Morgan fingerprint density at radius 3 is 2.69 bits per heavy atom. The van der Waals surface area contributed by atoms with Crippen LogP contribution in [0.3, 0.4) is 0 Å². The molecule has 0 aliphatic rings. The zero-order valence-corrected chi connectivity index (χ0v) is 10.7. The summed E-state index contributed by atoms with van der Waals surface area (Å²) in [4.78, 5) is 11.5. The van der Waals surface area contributed by atoms with Crippen LogP contribution in [0.2, 0.25) is 0 Å². The lowest BCUT2D eigenvalue weighted by Gasteiger charge is -2.12. The summed E-state index contributed by atoms with van der Waals surface area (Å²) in [6, 6.07) is 2.01. The molecule has 2 N–H and O–H groups in total. The highest BCUT2D eigenvalue weighted by atomic mass is 32.2. The molecular formula is C11H20N2O2S. The Labute approximate surface area is 101 Å². The molecule has 0 saturated carbocycles. The van der Waals surface area contributed by atoms with E-state index in [1.54, 1.807) is 11.8 Å². The molecule has 0 aromatic carbocycles. The average Bonchev–Trinajstić information content (AvgIpc) is 2.23. The first-order chi connectivity index (χ1) is 7.63. The number of nitriles is 1. The Balaban J connectivity index is 3.61. The van der Waals surface area contributed by atoms with Crippen molar-refractivity contribution in [1.82, 2.24) is 5.32 Å². The Hall–Kier alpha value is -0.730. The van der Waals surface area contributed by atoms with Gasteiger partial charge in [-0.25, -0.2) is 0 Å². The number of amides is 1. The van der Waals surface area contributed by atoms with Gasteiger partial charge in [-0.05, 0) is 18.1 Å². The average molecular weight is 244 g/mol. The van der Waals surface area contributed by atoms with E-state index in [9.17, 15) is 4.79 Å². The van der Waals surface area contributed by atoms with Crippen molar-refractivity contribution in [1.29, 1.82) is 5.26 Å². The number of thioether (sulfide) groups is 1. The maximum Gasteiger partial charge on any atom is 0.237 e. The fraction of sp³-hybridized carbons (Fsp3) is 0.818. The molecule has 1 atom stereocenters. The summed E-state index contributed by atoms with van der Waals surface area (Å²) < 4.78 is 0. The molecule has 16 heavy (non-hydrogen) atoms. The van der Waals surface area contributed by atoms with Crippen molar-refractivity contribution in [3.63, 3.8) is 0 Å². The van der Waals surface area contributed by atoms with Crippen LogP contribution in [-0.4, -0.2) is 35.7 Å². The lowest BCUT2D eigenvalue weighted by Crippen LogP contribution is -2.34. The lowest BCUT2D eigenvalue weighted by molar-refractivity contribution is -0.124. The summed E-state index contributed by atoms with van der Waals surface area (Å²) in [5.74, 6) is 1.04. The fourth-order valence-electron chi connectivity index (χ4n) is 1.14. The van der Waals surface area contributed by atoms with Crippen molar-refractivity contribution < 1.29 is 9.90 Å². The van der Waals surface area contributed by atoms with Crippen molar-refractivity contribution in [2.45, 2.75) is 20.3 Å². The van der Waals surface area contributed by atoms with Gasteiger partial charge in [0.2, 0.25) is 5.91 Å². The van der Waals surface area contributed by atoms with E-state index in [2.05, 4.69) is 5.32 Å². The summed E-state index contributed by atoms with van der Waals surface area (Å²) in [5, 5.41) is 20.1. The van der Waals surface area contributed by atoms with Crippen LogP contribution in [-0.2, 0) is 4.79 Å². The van der Waals surface area contributed by atoms with E-state index >= 15 is 0 Å². The van der Waals surface area contributed by atoms with E-state index in [-0.39, 0.29) is 18.4 Å². The third-order valence-corrected chi connectivity index (χ3v) is 3.15. The quantitative estimate of drug-likeness (QED) is 0.625. The number of nitrogens with zero attached hydrogens (tertiary/aromatic N) is 1. The SMILES string of the molecule is CC(C)C(C#N)C(=O)NCCSCCCO. The van der Waals surface area contributed by atoms with Crippen LogP contribution >= 0.6 is 11.8 Å². The highest BCUT2D eigenvalue weighted by molar-refractivity contribution is 7.99. The van der Waals surface area contributed by atoms with Crippen LogP contribution in [0.5, 0.6) is 0 Å². The first-order valence-corrected chi connectivity index (χ1v) is 6.64. The lowest BCUT2D eigenvalue weighted by atomic mass is 9.97. The zero-order chi connectivity index (χ0) is 12.4. The van der Waals surface area contributed by atoms with Gasteiger partial charge in [-0.2, -0.15) is 17.0 Å². The molecular weight excluding hydrogens is 224 g/mol. The highest BCUT2D eigenvalue weighted by Gasteiger charge is 2.20. The van der Waals surface area contributed by atoms with Crippen molar-refractivity contribution in [2.75, 3.05) is 24.7 Å². The van der Waals surface area contributed by atoms with E-state index in [0.717, 1.165) is 17.9 Å². The monoisotopic (exact) mass is 244 g/mol. The number of aliphatic hydroxyl groups excluding tert-OH is 1. The van der Waals surface area contributed by atoms with Crippen molar-refractivity contribution >= 4 is 17.7 Å². The normalized spacial score (nSPS) is 12.2. The van der Waals surface area contributed by atoms with Crippen LogP contribution in [0.1, 0.15) is 20.3 Å². The minimum atomic E-state index is -0.553. The third kappa shape index (κ3) is 6.70. The summed E-state index contributed by atoms with van der Waals surface area (Å²) in [6.45, 7) is 4.52. The van der Waals surface area contributed by atoms with E-state index in [1.165, 1.54) is 0 Å². The van der Waals surface area contributed by atoms with Crippen LogP contribution in [0.25, 0.3) is 0 Å². The van der Waals surface area contributed by atoms with E-state index in [1.807, 2.05) is 19.9 Å². The summed E-state index contributed by atoms with van der Waals surface area (Å²) >= 11 is 1.69. The molecule has 0 spiro atoms. The zero-order valence-electron chi connectivity index (χ0n) is 9.90. The molecule has 92 valence electrons. The van der Waals surface area contributed by atoms with Crippen LogP contribution < -0.4 is 5.32 Å². The first kappa shape index (κ1) is 15.3. The van der Waals surface area contributed by atoms with Gasteiger partial charge < -0.3 is 10.4 Å². The number of rotatable bonds is 8. The van der Waals surface area contributed by atoms with E-state index < -0.39 is 5.92 Å². The predicted molar refractivity (Wildman–Crippen MR) is 66.0 cm³/mol. The van der Waals surface area contributed by atoms with Gasteiger partial charge in [0.15, 0.2) is 0 Å². The smallest absolute Gasteiger partial charge is 0.237 e. The van der Waals surface area contributed by atoms with Gasteiger partial charge in [-0.15, -0.1) is 0 Å². The molecule has 0 saturated heterocycles. The molecule has 0 rings (SSSR count). The van der Waals surface area contributed by atoms with Gasteiger partial charge in [-0.1, -0.05) is 13.8 Å². The molecule has 4 nitrogen and oxygen atoms in total. The standard InChI is InChI=1S/C11H20N2O2S/c1-9(2)10(8-12)11(15)13-4-7-16-6-3-5-14/h9-10,14H,3-7H2,1-2H3,(H,13,15). The number of hydrogen-bond donors (Lipinski definition) is 2. The molecule has 0 aromatic heterocycles. The summed E-state index contributed by atoms with van der Waals surface area (Å²) in [7, 11) is 0. The van der Waals surface area contributed by atoms with Gasteiger partial charge in [0.05, 0.1) is 6.07 Å². The van der Waals surface area contributed by atoms with Gasteiger partial charge in [0.25, 0.3) is 0 Å². The number of carbonyl (C=O) groups excluding carboxylic acids is 1. The molecule has 1 unspecified atom stereocenters. The largest absolute Gasteiger partial charge is 0.396 e. The second kappa shape index (κ2) is 9.49. The fourth-order valence-corrected chi connectivity index (χ4v) is 1.92. The summed E-state index contributed by atoms with van der Waals surface area (Å²) in [5.41, 5.74) is 0. The molecule has 0 aliphatic heterocycles. The maximum atomic E-state index is 11.5. The molecule has 5 heteroatoms. The number of aliphatic hydroxyl groups is 1. The molecule has 0 aromatic rings. The van der Waals surface area contributed by atoms with Crippen LogP contribution in [0.4, 0.5) is 0 Å². The molecule has 0 heterocycles. The van der Waals surface area contributed by atoms with Gasteiger partial charge in [0, 0.05) is 18.9 Å². The number of nitrogens with one attached hydrogen (secondary N) is 1. The molecule has 1 amide bonds. The van der Waals surface area contributed by atoms with Gasteiger partial charge >= 0.3 is 0 Å². The first-order valence-electron chi connectivity index (χ1n) is 5.49.